The fourth-order valence-electron chi connectivity index (χ4n) is 2.71. The van der Waals surface area contributed by atoms with Crippen molar-refractivity contribution in [3.8, 4) is 11.5 Å². The molecular weight excluding hydrogens is 282 g/mol. The maximum Gasteiger partial charge on any atom is 0.161 e. The molecule has 1 aliphatic heterocycles. The molecule has 0 aromatic heterocycles. The van der Waals surface area contributed by atoms with Crippen LogP contribution in [0, 0.1) is 0 Å². The lowest BCUT2D eigenvalue weighted by molar-refractivity contribution is -0.0734. The van der Waals surface area contributed by atoms with Crippen LogP contribution in [0.15, 0.2) is 24.3 Å². The second kappa shape index (κ2) is 8.98. The summed E-state index contributed by atoms with van der Waals surface area (Å²) < 4.78 is 22.3. The molecule has 1 heterocycles. The zero-order valence-electron chi connectivity index (χ0n) is 13.8. The molecule has 2 atom stereocenters. The molecule has 1 aliphatic rings. The molecule has 22 heavy (non-hydrogen) atoms. The highest BCUT2D eigenvalue weighted by Crippen LogP contribution is 2.25. The van der Waals surface area contributed by atoms with Crippen molar-refractivity contribution < 1.29 is 18.9 Å². The van der Waals surface area contributed by atoms with E-state index in [0.29, 0.717) is 32.0 Å². The Balaban J connectivity index is 1.58. The first-order valence-electron chi connectivity index (χ1n) is 7.90. The Labute approximate surface area is 133 Å². The van der Waals surface area contributed by atoms with E-state index in [-0.39, 0.29) is 0 Å². The van der Waals surface area contributed by atoms with Gasteiger partial charge in [0.25, 0.3) is 0 Å². The van der Waals surface area contributed by atoms with Gasteiger partial charge in [0, 0.05) is 19.6 Å². The lowest BCUT2D eigenvalue weighted by atomic mass is 10.2. The summed E-state index contributed by atoms with van der Waals surface area (Å²) in [4.78, 5) is 2.39. The van der Waals surface area contributed by atoms with Crippen molar-refractivity contribution in [1.29, 1.82) is 0 Å². The molecule has 0 saturated carbocycles. The molecule has 0 unspecified atom stereocenters. The summed E-state index contributed by atoms with van der Waals surface area (Å²) in [5.41, 5.74) is 0. The molecule has 1 saturated heterocycles. The summed E-state index contributed by atoms with van der Waals surface area (Å²) in [6.45, 7) is 8.94. The second-order valence-electron chi connectivity index (χ2n) is 5.63. The van der Waals surface area contributed by atoms with Crippen molar-refractivity contribution in [3.63, 3.8) is 0 Å². The minimum absolute atomic E-state index is 0.303. The van der Waals surface area contributed by atoms with E-state index in [4.69, 9.17) is 18.9 Å². The molecule has 0 bridgehead atoms. The third-order valence-corrected chi connectivity index (χ3v) is 3.60. The first-order valence-corrected chi connectivity index (χ1v) is 7.90. The van der Waals surface area contributed by atoms with Crippen LogP contribution in [0.3, 0.4) is 0 Å². The lowest BCUT2D eigenvalue weighted by Crippen LogP contribution is -2.46. The summed E-state index contributed by atoms with van der Waals surface area (Å²) in [7, 11) is 1.64. The van der Waals surface area contributed by atoms with Crippen LogP contribution >= 0.6 is 0 Å². The van der Waals surface area contributed by atoms with Crippen LogP contribution in [0.25, 0.3) is 0 Å². The minimum Gasteiger partial charge on any atom is -0.493 e. The van der Waals surface area contributed by atoms with Gasteiger partial charge >= 0.3 is 0 Å². The van der Waals surface area contributed by atoms with Crippen molar-refractivity contribution in [2.75, 3.05) is 46.6 Å². The van der Waals surface area contributed by atoms with Gasteiger partial charge in [-0.1, -0.05) is 12.1 Å². The number of benzene rings is 1. The molecule has 5 heteroatoms. The zero-order chi connectivity index (χ0) is 15.8. The number of ether oxygens (including phenoxy) is 4. The first-order chi connectivity index (χ1) is 10.7. The van der Waals surface area contributed by atoms with Crippen LogP contribution < -0.4 is 9.47 Å². The molecule has 1 aromatic rings. The highest BCUT2D eigenvalue weighted by molar-refractivity contribution is 5.39. The van der Waals surface area contributed by atoms with E-state index in [1.807, 2.05) is 24.3 Å². The maximum atomic E-state index is 5.72. The lowest BCUT2D eigenvalue weighted by Gasteiger charge is -2.35. The number of morpholine rings is 1. The fraction of sp³-hybridized carbons (Fsp3) is 0.647. The molecule has 0 amide bonds. The number of methoxy groups -OCH3 is 1. The number of para-hydroxylation sites is 2. The van der Waals surface area contributed by atoms with E-state index in [2.05, 4.69) is 18.7 Å². The van der Waals surface area contributed by atoms with Gasteiger partial charge in [-0.15, -0.1) is 0 Å². The average Bonchev–Trinajstić information content (AvgIpc) is 2.50. The number of hydrogen-bond acceptors (Lipinski definition) is 5. The van der Waals surface area contributed by atoms with E-state index < -0.39 is 0 Å². The Hall–Kier alpha value is -1.30. The van der Waals surface area contributed by atoms with Gasteiger partial charge in [0.15, 0.2) is 11.5 Å². The van der Waals surface area contributed by atoms with E-state index in [1.165, 1.54) is 0 Å². The Morgan fingerprint density at radius 2 is 1.73 bits per heavy atom. The normalized spacial score (nSPS) is 22.5. The van der Waals surface area contributed by atoms with Gasteiger partial charge in [0.05, 0.1) is 32.5 Å². The van der Waals surface area contributed by atoms with Crippen molar-refractivity contribution in [1.82, 2.24) is 4.90 Å². The third-order valence-electron chi connectivity index (χ3n) is 3.60. The second-order valence-corrected chi connectivity index (χ2v) is 5.63. The Kier molecular flexibility index (Phi) is 6.96. The van der Waals surface area contributed by atoms with E-state index in [9.17, 15) is 0 Å². The summed E-state index contributed by atoms with van der Waals surface area (Å²) in [5, 5.41) is 0. The van der Waals surface area contributed by atoms with E-state index in [1.54, 1.807) is 7.11 Å². The van der Waals surface area contributed by atoms with Gasteiger partial charge < -0.3 is 18.9 Å². The average molecular weight is 309 g/mol. The van der Waals surface area contributed by atoms with E-state index in [0.717, 1.165) is 31.1 Å². The van der Waals surface area contributed by atoms with Gasteiger partial charge in [-0.25, -0.2) is 0 Å². The number of nitrogens with zero attached hydrogens (tertiary/aromatic N) is 1. The van der Waals surface area contributed by atoms with Crippen molar-refractivity contribution in [2.24, 2.45) is 0 Å². The van der Waals surface area contributed by atoms with Gasteiger partial charge in [-0.05, 0) is 26.0 Å². The van der Waals surface area contributed by atoms with Crippen LogP contribution in [0.4, 0.5) is 0 Å². The SMILES string of the molecule is COc1ccccc1OCCOCCN1C[C@@H](C)O[C@H](C)C1. The Morgan fingerprint density at radius 3 is 2.41 bits per heavy atom. The molecule has 0 aliphatic carbocycles. The summed E-state index contributed by atoms with van der Waals surface area (Å²) >= 11 is 0. The van der Waals surface area contributed by atoms with Crippen LogP contribution in [-0.4, -0.2) is 63.7 Å². The Bertz CT molecular complexity index is 430. The molecule has 0 radical (unpaired) electrons. The van der Waals surface area contributed by atoms with Crippen molar-refractivity contribution in [2.45, 2.75) is 26.1 Å². The molecule has 1 fully saturated rings. The molecule has 124 valence electrons. The summed E-state index contributed by atoms with van der Waals surface area (Å²) in [6, 6.07) is 7.64. The minimum atomic E-state index is 0.303. The quantitative estimate of drug-likeness (QED) is 0.689. The Morgan fingerprint density at radius 1 is 1.05 bits per heavy atom. The first kappa shape index (κ1) is 17.1. The summed E-state index contributed by atoms with van der Waals surface area (Å²) in [5.74, 6) is 1.50. The van der Waals surface area contributed by atoms with Crippen LogP contribution in [0.5, 0.6) is 11.5 Å². The van der Waals surface area contributed by atoms with Crippen LogP contribution in [0.2, 0.25) is 0 Å². The van der Waals surface area contributed by atoms with E-state index >= 15 is 0 Å². The topological polar surface area (TPSA) is 40.2 Å². The zero-order valence-corrected chi connectivity index (χ0v) is 13.8. The highest BCUT2D eigenvalue weighted by atomic mass is 16.5. The van der Waals surface area contributed by atoms with Crippen molar-refractivity contribution in [3.05, 3.63) is 24.3 Å². The van der Waals surface area contributed by atoms with Gasteiger partial charge in [-0.2, -0.15) is 0 Å². The largest absolute Gasteiger partial charge is 0.493 e. The monoisotopic (exact) mass is 309 g/mol. The van der Waals surface area contributed by atoms with Crippen LogP contribution in [0.1, 0.15) is 13.8 Å². The maximum absolute atomic E-state index is 5.72. The molecule has 5 nitrogen and oxygen atoms in total. The molecular formula is C17H27NO4. The fourth-order valence-corrected chi connectivity index (χ4v) is 2.71. The smallest absolute Gasteiger partial charge is 0.161 e. The molecule has 2 rings (SSSR count). The predicted molar refractivity (Wildman–Crippen MR) is 85.8 cm³/mol. The van der Waals surface area contributed by atoms with Gasteiger partial charge in [0.1, 0.15) is 6.61 Å². The predicted octanol–water partition coefficient (Wildman–Crippen LogP) is 2.20. The number of rotatable bonds is 8. The third kappa shape index (κ3) is 5.48. The van der Waals surface area contributed by atoms with Gasteiger partial charge in [-0.3, -0.25) is 4.90 Å². The molecule has 0 N–H and O–H groups in total. The number of hydrogen-bond donors (Lipinski definition) is 0. The van der Waals surface area contributed by atoms with Gasteiger partial charge in [0.2, 0.25) is 0 Å². The van der Waals surface area contributed by atoms with Crippen molar-refractivity contribution >= 4 is 0 Å². The highest BCUT2D eigenvalue weighted by Gasteiger charge is 2.21. The standard InChI is InChI=1S/C17H27NO4/c1-14-12-18(13-15(2)22-14)8-9-20-10-11-21-17-7-5-4-6-16(17)19-3/h4-7,14-15H,8-13H2,1-3H3/t14-,15-/m1/s1. The molecule has 0 spiro atoms. The summed E-state index contributed by atoms with van der Waals surface area (Å²) in [6.07, 6.45) is 0.607. The molecule has 1 aromatic carbocycles. The van der Waals surface area contributed by atoms with Crippen LogP contribution in [-0.2, 0) is 9.47 Å².